The molecule has 0 aliphatic heterocycles. The van der Waals surface area contributed by atoms with Gasteiger partial charge in [-0.25, -0.2) is 4.39 Å². The highest BCUT2D eigenvalue weighted by atomic mass is 35.5. The number of aliphatic hydroxyl groups excluding tert-OH is 1. The second-order valence-electron chi connectivity index (χ2n) is 5.12. The summed E-state index contributed by atoms with van der Waals surface area (Å²) >= 11 is 5.98. The number of benzene rings is 1. The highest BCUT2D eigenvalue weighted by Gasteiger charge is 2.35. The van der Waals surface area contributed by atoms with Crippen LogP contribution in [-0.2, 0) is 4.79 Å². The molecule has 0 fully saturated rings. The van der Waals surface area contributed by atoms with E-state index in [0.29, 0.717) is 24.0 Å². The number of carboxylic acids is 1. The molecule has 0 radical (unpaired) electrons. The van der Waals surface area contributed by atoms with Crippen molar-refractivity contribution < 1.29 is 19.4 Å². The predicted molar refractivity (Wildman–Crippen MR) is 74.1 cm³/mol. The average Bonchev–Trinajstić information content (AvgIpc) is 2.42. The summed E-state index contributed by atoms with van der Waals surface area (Å²) in [7, 11) is 0. The second-order valence-corrected chi connectivity index (χ2v) is 5.53. The molecular formula is C15H16ClFO3. The Hall–Kier alpha value is -1.39. The molecule has 5 heteroatoms. The first-order chi connectivity index (χ1) is 9.41. The van der Waals surface area contributed by atoms with Gasteiger partial charge in [-0.2, -0.15) is 0 Å². The van der Waals surface area contributed by atoms with Crippen LogP contribution in [0.1, 0.15) is 30.1 Å². The number of carbonyl (C=O) groups is 1. The molecule has 0 amide bonds. The van der Waals surface area contributed by atoms with Gasteiger partial charge in [-0.05, 0) is 43.0 Å². The Morgan fingerprint density at radius 1 is 1.40 bits per heavy atom. The lowest BCUT2D eigenvalue weighted by Crippen LogP contribution is -2.30. The number of rotatable bonds is 3. The third kappa shape index (κ3) is 2.86. The molecular weight excluding hydrogens is 283 g/mol. The molecule has 3 unspecified atom stereocenters. The molecule has 0 heterocycles. The van der Waals surface area contributed by atoms with Crippen LogP contribution in [0.15, 0.2) is 24.3 Å². The Morgan fingerprint density at radius 3 is 2.70 bits per heavy atom. The molecule has 0 saturated heterocycles. The normalized spacial score (nSPS) is 23.6. The summed E-state index contributed by atoms with van der Waals surface area (Å²) in [5.74, 6) is -2.49. The van der Waals surface area contributed by atoms with Crippen molar-refractivity contribution in [3.05, 3.63) is 46.3 Å². The van der Waals surface area contributed by atoms with Crippen LogP contribution in [0.2, 0.25) is 5.02 Å². The second kappa shape index (κ2) is 5.94. The van der Waals surface area contributed by atoms with Crippen LogP contribution < -0.4 is 0 Å². The number of hydrogen-bond acceptors (Lipinski definition) is 2. The summed E-state index contributed by atoms with van der Waals surface area (Å²) in [5, 5.41) is 19.8. The number of carboxylic acid groups (broad SMARTS) is 1. The van der Waals surface area contributed by atoms with Crippen LogP contribution in [0.3, 0.4) is 0 Å². The predicted octanol–water partition coefficient (Wildman–Crippen LogP) is 3.49. The van der Waals surface area contributed by atoms with Crippen LogP contribution in [-0.4, -0.2) is 16.2 Å². The highest BCUT2D eigenvalue weighted by molar-refractivity contribution is 6.31. The number of allylic oxidation sites excluding steroid dienone is 2. The first-order valence-electron chi connectivity index (χ1n) is 6.43. The van der Waals surface area contributed by atoms with Crippen LogP contribution in [0.25, 0.3) is 0 Å². The Labute approximate surface area is 121 Å². The zero-order chi connectivity index (χ0) is 14.9. The van der Waals surface area contributed by atoms with E-state index in [2.05, 4.69) is 0 Å². The van der Waals surface area contributed by atoms with Gasteiger partial charge in [0.15, 0.2) is 0 Å². The first-order valence-corrected chi connectivity index (χ1v) is 6.81. The van der Waals surface area contributed by atoms with E-state index in [-0.39, 0.29) is 5.02 Å². The summed E-state index contributed by atoms with van der Waals surface area (Å²) in [5.41, 5.74) is 0.763. The lowest BCUT2D eigenvalue weighted by molar-refractivity contribution is -0.145. The van der Waals surface area contributed by atoms with Crippen molar-refractivity contribution in [3.8, 4) is 0 Å². The van der Waals surface area contributed by atoms with Gasteiger partial charge < -0.3 is 10.2 Å². The SMILES string of the molecule is Cc1cc(C(O)C2CC=CCC2C(=O)O)c(Cl)cc1F. The van der Waals surface area contributed by atoms with Crippen molar-refractivity contribution in [2.75, 3.05) is 0 Å². The molecule has 0 spiro atoms. The van der Waals surface area contributed by atoms with Gasteiger partial charge in [-0.15, -0.1) is 0 Å². The van der Waals surface area contributed by atoms with Gasteiger partial charge >= 0.3 is 5.97 Å². The number of aliphatic hydroxyl groups is 1. The zero-order valence-electron chi connectivity index (χ0n) is 11.0. The van der Waals surface area contributed by atoms with Crippen molar-refractivity contribution in [1.82, 2.24) is 0 Å². The first kappa shape index (κ1) is 15.0. The van der Waals surface area contributed by atoms with E-state index >= 15 is 0 Å². The van der Waals surface area contributed by atoms with Gasteiger partial charge in [0.25, 0.3) is 0 Å². The Morgan fingerprint density at radius 2 is 2.05 bits per heavy atom. The standard InChI is InChI=1S/C15H16ClFO3/c1-8-6-11(12(16)7-13(8)17)14(18)9-4-2-3-5-10(9)15(19)20/h2-3,6-7,9-10,14,18H,4-5H2,1H3,(H,19,20). The third-order valence-corrected chi connectivity index (χ3v) is 4.13. The van der Waals surface area contributed by atoms with Gasteiger partial charge in [0.1, 0.15) is 5.82 Å². The van der Waals surface area contributed by atoms with Gasteiger partial charge in [0, 0.05) is 10.9 Å². The van der Waals surface area contributed by atoms with Crippen LogP contribution >= 0.6 is 11.6 Å². The summed E-state index contributed by atoms with van der Waals surface area (Å²) in [4.78, 5) is 11.3. The van der Waals surface area contributed by atoms with E-state index in [4.69, 9.17) is 11.6 Å². The quantitative estimate of drug-likeness (QED) is 0.840. The van der Waals surface area contributed by atoms with Crippen molar-refractivity contribution >= 4 is 17.6 Å². The van der Waals surface area contributed by atoms with Gasteiger partial charge in [-0.1, -0.05) is 23.8 Å². The molecule has 0 aromatic heterocycles. The average molecular weight is 299 g/mol. The molecule has 2 rings (SSSR count). The number of hydrogen-bond donors (Lipinski definition) is 2. The minimum atomic E-state index is -1.02. The summed E-state index contributed by atoms with van der Waals surface area (Å²) in [6, 6.07) is 2.64. The summed E-state index contributed by atoms with van der Waals surface area (Å²) in [6.07, 6.45) is 3.49. The Balaban J connectivity index is 2.35. The van der Waals surface area contributed by atoms with E-state index in [1.807, 2.05) is 6.08 Å². The molecule has 0 saturated carbocycles. The maximum Gasteiger partial charge on any atom is 0.307 e. The fraction of sp³-hybridized carbons (Fsp3) is 0.400. The minimum Gasteiger partial charge on any atom is -0.481 e. The van der Waals surface area contributed by atoms with E-state index in [1.165, 1.54) is 6.07 Å². The van der Waals surface area contributed by atoms with Crippen molar-refractivity contribution in [2.24, 2.45) is 11.8 Å². The van der Waals surface area contributed by atoms with Gasteiger partial charge in [0.2, 0.25) is 0 Å². The highest BCUT2D eigenvalue weighted by Crippen LogP contribution is 2.39. The summed E-state index contributed by atoms with van der Waals surface area (Å²) < 4.78 is 13.4. The molecule has 0 bridgehead atoms. The zero-order valence-corrected chi connectivity index (χ0v) is 11.8. The monoisotopic (exact) mass is 298 g/mol. The van der Waals surface area contributed by atoms with Crippen molar-refractivity contribution in [2.45, 2.75) is 25.9 Å². The fourth-order valence-corrected chi connectivity index (χ4v) is 2.87. The van der Waals surface area contributed by atoms with E-state index in [0.717, 1.165) is 6.07 Å². The fourth-order valence-electron chi connectivity index (χ4n) is 2.61. The van der Waals surface area contributed by atoms with Crippen LogP contribution in [0.4, 0.5) is 4.39 Å². The summed E-state index contributed by atoms with van der Waals surface area (Å²) in [6.45, 7) is 1.58. The molecule has 2 N–H and O–H groups in total. The molecule has 1 aromatic carbocycles. The largest absolute Gasteiger partial charge is 0.481 e. The number of aryl methyl sites for hydroxylation is 1. The van der Waals surface area contributed by atoms with Crippen molar-refractivity contribution in [1.29, 1.82) is 0 Å². The maximum absolute atomic E-state index is 13.4. The maximum atomic E-state index is 13.4. The lowest BCUT2D eigenvalue weighted by atomic mass is 9.77. The van der Waals surface area contributed by atoms with E-state index < -0.39 is 29.7 Å². The molecule has 108 valence electrons. The lowest BCUT2D eigenvalue weighted by Gasteiger charge is -2.30. The molecule has 20 heavy (non-hydrogen) atoms. The van der Waals surface area contributed by atoms with Crippen LogP contribution in [0, 0.1) is 24.6 Å². The topological polar surface area (TPSA) is 57.5 Å². The number of halogens is 2. The molecule has 1 aromatic rings. The van der Waals surface area contributed by atoms with E-state index in [1.54, 1.807) is 13.0 Å². The molecule has 1 aliphatic rings. The van der Waals surface area contributed by atoms with Crippen LogP contribution in [0.5, 0.6) is 0 Å². The third-order valence-electron chi connectivity index (χ3n) is 3.80. The molecule has 3 atom stereocenters. The Kier molecular flexibility index (Phi) is 4.45. The van der Waals surface area contributed by atoms with E-state index in [9.17, 15) is 19.4 Å². The smallest absolute Gasteiger partial charge is 0.307 e. The minimum absolute atomic E-state index is 0.124. The Bertz CT molecular complexity index is 556. The number of aliphatic carboxylic acids is 1. The molecule has 3 nitrogen and oxygen atoms in total. The molecule has 1 aliphatic carbocycles. The van der Waals surface area contributed by atoms with Gasteiger partial charge in [-0.3, -0.25) is 4.79 Å². The van der Waals surface area contributed by atoms with Gasteiger partial charge in [0.05, 0.1) is 12.0 Å². The van der Waals surface area contributed by atoms with Crippen molar-refractivity contribution in [3.63, 3.8) is 0 Å².